The third-order valence-electron chi connectivity index (χ3n) is 2.34. The van der Waals surface area contributed by atoms with E-state index in [1.807, 2.05) is 32.0 Å². The van der Waals surface area contributed by atoms with Gasteiger partial charge in [0, 0.05) is 16.6 Å². The zero-order valence-electron chi connectivity index (χ0n) is 7.68. The molecule has 1 heterocycles. The van der Waals surface area contributed by atoms with Crippen molar-refractivity contribution in [2.24, 2.45) is 0 Å². The lowest BCUT2D eigenvalue weighted by Crippen LogP contribution is -1.74. The van der Waals surface area contributed by atoms with Crippen LogP contribution in [0.15, 0.2) is 18.2 Å². The quantitative estimate of drug-likeness (QED) is 0.648. The molecule has 0 spiro atoms. The SMILES string of the molecule is Cc1[nH]c2c(C)cccc2c1C#N. The molecule has 2 aromatic rings. The largest absolute Gasteiger partial charge is 0.357 e. The minimum absolute atomic E-state index is 0.763. The van der Waals surface area contributed by atoms with Crippen LogP contribution in [-0.4, -0.2) is 4.98 Å². The van der Waals surface area contributed by atoms with E-state index < -0.39 is 0 Å². The first-order valence-corrected chi connectivity index (χ1v) is 4.22. The van der Waals surface area contributed by atoms with E-state index in [9.17, 15) is 0 Å². The molecule has 1 aromatic carbocycles. The second kappa shape index (κ2) is 2.63. The topological polar surface area (TPSA) is 39.6 Å². The highest BCUT2D eigenvalue weighted by molar-refractivity contribution is 5.89. The van der Waals surface area contributed by atoms with Crippen molar-refractivity contribution in [1.29, 1.82) is 5.26 Å². The Morgan fingerprint density at radius 2 is 2.08 bits per heavy atom. The van der Waals surface area contributed by atoms with Crippen LogP contribution in [0.25, 0.3) is 10.9 Å². The predicted octanol–water partition coefficient (Wildman–Crippen LogP) is 2.66. The number of rotatable bonds is 0. The van der Waals surface area contributed by atoms with Gasteiger partial charge in [-0.2, -0.15) is 5.26 Å². The molecule has 2 heteroatoms. The summed E-state index contributed by atoms with van der Waals surface area (Å²) in [5.74, 6) is 0. The summed E-state index contributed by atoms with van der Waals surface area (Å²) in [5.41, 5.74) is 3.98. The number of nitrogens with zero attached hydrogens (tertiary/aromatic N) is 1. The van der Waals surface area contributed by atoms with E-state index in [1.54, 1.807) is 0 Å². The fourth-order valence-corrected chi connectivity index (χ4v) is 1.64. The summed E-state index contributed by atoms with van der Waals surface area (Å²) in [6.45, 7) is 3.97. The average molecular weight is 170 g/mol. The Balaban J connectivity index is 2.96. The second-order valence-electron chi connectivity index (χ2n) is 3.23. The van der Waals surface area contributed by atoms with Crippen LogP contribution in [0, 0.1) is 25.2 Å². The summed E-state index contributed by atoms with van der Waals surface area (Å²) < 4.78 is 0. The minimum atomic E-state index is 0.763. The zero-order chi connectivity index (χ0) is 9.42. The maximum atomic E-state index is 8.93. The number of hydrogen-bond acceptors (Lipinski definition) is 1. The van der Waals surface area contributed by atoms with Crippen LogP contribution >= 0.6 is 0 Å². The summed E-state index contributed by atoms with van der Waals surface area (Å²) >= 11 is 0. The van der Waals surface area contributed by atoms with Crippen LogP contribution in [-0.2, 0) is 0 Å². The molecule has 1 aromatic heterocycles. The van der Waals surface area contributed by atoms with Crippen LogP contribution in [0.2, 0.25) is 0 Å². The van der Waals surface area contributed by atoms with Gasteiger partial charge in [0.15, 0.2) is 0 Å². The molecule has 0 saturated carbocycles. The molecule has 0 bridgehead atoms. The fourth-order valence-electron chi connectivity index (χ4n) is 1.64. The Morgan fingerprint density at radius 1 is 1.31 bits per heavy atom. The number of hydrogen-bond donors (Lipinski definition) is 1. The summed E-state index contributed by atoms with van der Waals surface area (Å²) in [4.78, 5) is 3.22. The van der Waals surface area contributed by atoms with Crippen molar-refractivity contribution in [2.45, 2.75) is 13.8 Å². The molecule has 0 radical (unpaired) electrons. The molecule has 0 atom stereocenters. The van der Waals surface area contributed by atoms with Gasteiger partial charge < -0.3 is 4.98 Å². The Hall–Kier alpha value is -1.75. The zero-order valence-corrected chi connectivity index (χ0v) is 7.68. The van der Waals surface area contributed by atoms with E-state index in [0.29, 0.717) is 0 Å². The molecule has 0 aliphatic carbocycles. The molecule has 0 amide bonds. The third kappa shape index (κ3) is 1.01. The standard InChI is InChI=1S/C11H10N2/c1-7-4-3-5-9-10(6-12)8(2)13-11(7)9/h3-5,13H,1-2H3. The smallest absolute Gasteiger partial charge is 0.102 e. The lowest BCUT2D eigenvalue weighted by molar-refractivity contribution is 1.27. The van der Waals surface area contributed by atoms with Crippen LogP contribution in [0.5, 0.6) is 0 Å². The molecule has 0 aliphatic heterocycles. The molecule has 1 N–H and O–H groups in total. The van der Waals surface area contributed by atoms with E-state index in [-0.39, 0.29) is 0 Å². The molecule has 0 aliphatic rings. The van der Waals surface area contributed by atoms with Gasteiger partial charge in [0.1, 0.15) is 6.07 Å². The summed E-state index contributed by atoms with van der Waals surface area (Å²) in [6, 6.07) is 8.21. The van der Waals surface area contributed by atoms with Crippen molar-refractivity contribution >= 4 is 10.9 Å². The Kier molecular flexibility index (Phi) is 1.60. The summed E-state index contributed by atoms with van der Waals surface area (Å²) in [6.07, 6.45) is 0. The van der Waals surface area contributed by atoms with Crippen LogP contribution in [0.4, 0.5) is 0 Å². The fraction of sp³-hybridized carbons (Fsp3) is 0.182. The average Bonchev–Trinajstić information content (AvgIpc) is 2.43. The predicted molar refractivity (Wildman–Crippen MR) is 52.5 cm³/mol. The molecule has 0 saturated heterocycles. The highest BCUT2D eigenvalue weighted by atomic mass is 14.7. The van der Waals surface area contributed by atoms with Crippen LogP contribution in [0.1, 0.15) is 16.8 Å². The number of aromatic nitrogens is 1. The summed E-state index contributed by atoms with van der Waals surface area (Å²) in [5, 5.41) is 9.95. The molecule has 0 unspecified atom stereocenters. The highest BCUT2D eigenvalue weighted by Crippen LogP contribution is 2.23. The molecular formula is C11H10N2. The number of benzene rings is 1. The first kappa shape index (κ1) is 7.88. The van der Waals surface area contributed by atoms with Gasteiger partial charge >= 0.3 is 0 Å². The van der Waals surface area contributed by atoms with Gasteiger partial charge in [-0.1, -0.05) is 18.2 Å². The highest BCUT2D eigenvalue weighted by Gasteiger charge is 2.07. The normalized spacial score (nSPS) is 10.2. The molecule has 2 nitrogen and oxygen atoms in total. The van der Waals surface area contributed by atoms with Gasteiger partial charge in [-0.25, -0.2) is 0 Å². The number of aromatic amines is 1. The number of fused-ring (bicyclic) bond motifs is 1. The van der Waals surface area contributed by atoms with E-state index >= 15 is 0 Å². The van der Waals surface area contributed by atoms with Gasteiger partial charge in [0.2, 0.25) is 0 Å². The van der Waals surface area contributed by atoms with Crippen molar-refractivity contribution in [3.8, 4) is 6.07 Å². The maximum absolute atomic E-state index is 8.93. The Bertz CT molecular complexity index is 501. The van der Waals surface area contributed by atoms with Crippen LogP contribution in [0.3, 0.4) is 0 Å². The van der Waals surface area contributed by atoms with Gasteiger partial charge in [-0.3, -0.25) is 0 Å². The van der Waals surface area contributed by atoms with Crippen LogP contribution < -0.4 is 0 Å². The lowest BCUT2D eigenvalue weighted by atomic mass is 10.1. The van der Waals surface area contributed by atoms with Crippen molar-refractivity contribution in [2.75, 3.05) is 0 Å². The van der Waals surface area contributed by atoms with Crippen molar-refractivity contribution in [3.05, 3.63) is 35.0 Å². The summed E-state index contributed by atoms with van der Waals surface area (Å²) in [7, 11) is 0. The number of para-hydroxylation sites is 1. The molecule has 13 heavy (non-hydrogen) atoms. The van der Waals surface area contributed by atoms with Crippen molar-refractivity contribution in [1.82, 2.24) is 4.98 Å². The van der Waals surface area contributed by atoms with Gasteiger partial charge in [-0.15, -0.1) is 0 Å². The van der Waals surface area contributed by atoms with Gasteiger partial charge in [-0.05, 0) is 19.4 Å². The van der Waals surface area contributed by atoms with E-state index in [2.05, 4.69) is 11.1 Å². The molecule has 64 valence electrons. The number of aryl methyl sites for hydroxylation is 2. The van der Waals surface area contributed by atoms with Crippen molar-refractivity contribution in [3.63, 3.8) is 0 Å². The van der Waals surface area contributed by atoms with E-state index in [0.717, 1.165) is 22.2 Å². The molecule has 2 rings (SSSR count). The van der Waals surface area contributed by atoms with Gasteiger partial charge in [0.05, 0.1) is 5.56 Å². The monoisotopic (exact) mass is 170 g/mol. The Labute approximate surface area is 76.8 Å². The molecular weight excluding hydrogens is 160 g/mol. The first-order chi connectivity index (χ1) is 6.24. The number of nitrogens with one attached hydrogen (secondary N) is 1. The minimum Gasteiger partial charge on any atom is -0.357 e. The lowest BCUT2D eigenvalue weighted by Gasteiger charge is -1.93. The van der Waals surface area contributed by atoms with Gasteiger partial charge in [0.25, 0.3) is 0 Å². The Morgan fingerprint density at radius 3 is 2.77 bits per heavy atom. The number of nitriles is 1. The molecule has 0 fully saturated rings. The number of H-pyrrole nitrogens is 1. The van der Waals surface area contributed by atoms with E-state index in [4.69, 9.17) is 5.26 Å². The first-order valence-electron chi connectivity index (χ1n) is 4.22. The van der Waals surface area contributed by atoms with Crippen molar-refractivity contribution < 1.29 is 0 Å². The third-order valence-corrected chi connectivity index (χ3v) is 2.34. The second-order valence-corrected chi connectivity index (χ2v) is 3.23. The van der Waals surface area contributed by atoms with E-state index in [1.165, 1.54) is 5.56 Å². The maximum Gasteiger partial charge on any atom is 0.102 e.